The fourth-order valence-electron chi connectivity index (χ4n) is 1.22. The molecule has 0 amide bonds. The Hall–Kier alpha value is -0.330. The van der Waals surface area contributed by atoms with Crippen molar-refractivity contribution in [2.45, 2.75) is 52.4 Å². The molecule has 1 heteroatoms. The van der Waals surface area contributed by atoms with Crippen LogP contribution in [0.3, 0.4) is 0 Å². The number of hydrogen-bond donors (Lipinski definition) is 0. The Morgan fingerprint density at radius 1 is 1.00 bits per heavy atom. The third-order valence-corrected chi connectivity index (χ3v) is 1.92. The molecule has 0 aromatic carbocycles. The zero-order valence-corrected chi connectivity index (χ0v) is 8.19. The number of nitrogens with zero attached hydrogens (tertiary/aromatic N) is 1. The Morgan fingerprint density at radius 3 is 2.18 bits per heavy atom. The molecule has 0 heterocycles. The molecule has 0 N–H and O–H groups in total. The van der Waals surface area contributed by atoms with Gasteiger partial charge >= 0.3 is 0 Å². The summed E-state index contributed by atoms with van der Waals surface area (Å²) in [6.07, 6.45) is 7.63. The van der Waals surface area contributed by atoms with E-state index in [4.69, 9.17) is 0 Å². The monoisotopic (exact) mass is 155 g/mol. The molecule has 0 aliphatic carbocycles. The van der Waals surface area contributed by atoms with Crippen LogP contribution in [0.15, 0.2) is 4.99 Å². The van der Waals surface area contributed by atoms with Gasteiger partial charge in [0.1, 0.15) is 0 Å². The maximum absolute atomic E-state index is 4.27. The Morgan fingerprint density at radius 2 is 1.73 bits per heavy atom. The average molecular weight is 155 g/mol. The third-order valence-electron chi connectivity index (χ3n) is 1.92. The summed E-state index contributed by atoms with van der Waals surface area (Å²) in [5.74, 6) is 0. The van der Waals surface area contributed by atoms with Gasteiger partial charge in [-0.2, -0.15) is 0 Å². The molecule has 0 aliphatic rings. The Balaban J connectivity index is 3.37. The van der Waals surface area contributed by atoms with Crippen LogP contribution in [0.2, 0.25) is 0 Å². The van der Waals surface area contributed by atoms with Crippen molar-refractivity contribution < 1.29 is 0 Å². The smallest absolute Gasteiger partial charge is 0.0276 e. The van der Waals surface area contributed by atoms with Gasteiger partial charge in [-0.3, -0.25) is 4.99 Å². The number of unbranched alkanes of at least 4 members (excludes halogenated alkanes) is 2. The minimum absolute atomic E-state index is 1.19. The maximum Gasteiger partial charge on any atom is 0.0276 e. The molecule has 0 fully saturated rings. The highest BCUT2D eigenvalue weighted by molar-refractivity contribution is 5.84. The van der Waals surface area contributed by atoms with Crippen LogP contribution in [-0.2, 0) is 0 Å². The maximum atomic E-state index is 4.27. The van der Waals surface area contributed by atoms with E-state index in [1.54, 1.807) is 0 Å². The van der Waals surface area contributed by atoms with Crippen LogP contribution in [0.4, 0.5) is 0 Å². The lowest BCUT2D eigenvalue weighted by molar-refractivity contribution is 0.733. The summed E-state index contributed by atoms with van der Waals surface area (Å²) in [5.41, 5.74) is 1.40. The summed E-state index contributed by atoms with van der Waals surface area (Å²) in [6.45, 7) is 4.45. The predicted molar refractivity (Wildman–Crippen MR) is 52.4 cm³/mol. The predicted octanol–water partition coefficient (Wildman–Crippen LogP) is 3.44. The first-order valence-electron chi connectivity index (χ1n) is 4.79. The van der Waals surface area contributed by atoms with Crippen molar-refractivity contribution in [2.75, 3.05) is 7.05 Å². The van der Waals surface area contributed by atoms with Crippen LogP contribution in [0.1, 0.15) is 52.4 Å². The Bertz CT molecular complexity index is 105. The number of hydrogen-bond acceptors (Lipinski definition) is 1. The highest BCUT2D eigenvalue weighted by Gasteiger charge is 1.95. The molecule has 0 spiro atoms. The van der Waals surface area contributed by atoms with Crippen molar-refractivity contribution in [1.82, 2.24) is 0 Å². The van der Waals surface area contributed by atoms with Crippen molar-refractivity contribution in [3.05, 3.63) is 0 Å². The zero-order chi connectivity index (χ0) is 8.53. The Kier molecular flexibility index (Phi) is 7.54. The molecular formula is C10H21N. The highest BCUT2D eigenvalue weighted by atomic mass is 14.7. The fourth-order valence-corrected chi connectivity index (χ4v) is 1.22. The minimum atomic E-state index is 1.19. The van der Waals surface area contributed by atoms with Crippen LogP contribution in [0.25, 0.3) is 0 Å². The van der Waals surface area contributed by atoms with Gasteiger partial charge in [0.25, 0.3) is 0 Å². The first kappa shape index (κ1) is 10.7. The van der Waals surface area contributed by atoms with E-state index in [1.165, 1.54) is 44.2 Å². The molecule has 11 heavy (non-hydrogen) atoms. The van der Waals surface area contributed by atoms with Crippen LogP contribution in [0, 0.1) is 0 Å². The van der Waals surface area contributed by atoms with Crippen molar-refractivity contribution in [3.63, 3.8) is 0 Å². The van der Waals surface area contributed by atoms with Crippen molar-refractivity contribution in [3.8, 4) is 0 Å². The summed E-state index contributed by atoms with van der Waals surface area (Å²) < 4.78 is 0. The summed E-state index contributed by atoms with van der Waals surface area (Å²) in [7, 11) is 1.91. The van der Waals surface area contributed by atoms with Crippen LogP contribution in [-0.4, -0.2) is 12.8 Å². The summed E-state index contributed by atoms with van der Waals surface area (Å²) in [5, 5.41) is 0. The van der Waals surface area contributed by atoms with Crippen molar-refractivity contribution in [2.24, 2.45) is 4.99 Å². The average Bonchev–Trinajstić information content (AvgIpc) is 2.03. The molecule has 0 aromatic heterocycles. The second-order valence-corrected chi connectivity index (χ2v) is 3.00. The van der Waals surface area contributed by atoms with Gasteiger partial charge in [0.15, 0.2) is 0 Å². The first-order chi connectivity index (χ1) is 5.35. The van der Waals surface area contributed by atoms with Gasteiger partial charge in [-0.05, 0) is 19.3 Å². The lowest BCUT2D eigenvalue weighted by Gasteiger charge is -2.02. The summed E-state index contributed by atoms with van der Waals surface area (Å²) in [6, 6.07) is 0. The van der Waals surface area contributed by atoms with Crippen molar-refractivity contribution >= 4 is 5.71 Å². The molecule has 66 valence electrons. The lowest BCUT2D eigenvalue weighted by atomic mass is 10.1. The van der Waals surface area contributed by atoms with Gasteiger partial charge in [0, 0.05) is 12.8 Å². The first-order valence-corrected chi connectivity index (χ1v) is 4.79. The molecule has 0 rings (SSSR count). The molecule has 0 radical (unpaired) electrons. The van der Waals surface area contributed by atoms with E-state index in [-0.39, 0.29) is 0 Å². The highest BCUT2D eigenvalue weighted by Crippen LogP contribution is 2.04. The van der Waals surface area contributed by atoms with E-state index in [0.717, 1.165) is 0 Å². The fraction of sp³-hybridized carbons (Fsp3) is 0.900. The number of rotatable bonds is 6. The SMILES string of the molecule is CCCCC/C(CCC)=N\C. The van der Waals surface area contributed by atoms with Crippen molar-refractivity contribution in [1.29, 1.82) is 0 Å². The van der Waals surface area contributed by atoms with E-state index >= 15 is 0 Å². The van der Waals surface area contributed by atoms with Crippen LogP contribution >= 0.6 is 0 Å². The topological polar surface area (TPSA) is 12.4 Å². The van der Waals surface area contributed by atoms with Gasteiger partial charge in [0.2, 0.25) is 0 Å². The molecular weight excluding hydrogens is 134 g/mol. The van der Waals surface area contributed by atoms with E-state index in [0.29, 0.717) is 0 Å². The van der Waals surface area contributed by atoms with Gasteiger partial charge in [0.05, 0.1) is 0 Å². The normalized spacial score (nSPS) is 12.1. The van der Waals surface area contributed by atoms with Crippen LogP contribution < -0.4 is 0 Å². The van der Waals surface area contributed by atoms with Gasteiger partial charge in [-0.15, -0.1) is 0 Å². The lowest BCUT2D eigenvalue weighted by Crippen LogP contribution is -1.97. The summed E-state index contributed by atoms with van der Waals surface area (Å²) in [4.78, 5) is 4.27. The molecule has 0 saturated heterocycles. The number of aliphatic imine (C=N–C) groups is 1. The van der Waals surface area contributed by atoms with E-state index in [1.807, 2.05) is 7.05 Å². The molecule has 0 bridgehead atoms. The molecule has 0 atom stereocenters. The standard InChI is InChI=1S/C10H21N/c1-4-6-7-9-10(11-3)8-5-2/h4-9H2,1-3H3/b11-10-. The summed E-state index contributed by atoms with van der Waals surface area (Å²) >= 11 is 0. The molecule has 0 saturated carbocycles. The Labute approximate surface area is 70.9 Å². The minimum Gasteiger partial charge on any atom is -0.297 e. The van der Waals surface area contributed by atoms with Gasteiger partial charge in [-0.1, -0.05) is 33.1 Å². The molecule has 0 aliphatic heterocycles. The van der Waals surface area contributed by atoms with E-state index in [9.17, 15) is 0 Å². The largest absolute Gasteiger partial charge is 0.297 e. The van der Waals surface area contributed by atoms with Gasteiger partial charge in [-0.25, -0.2) is 0 Å². The molecule has 1 nitrogen and oxygen atoms in total. The third kappa shape index (κ3) is 6.08. The van der Waals surface area contributed by atoms with E-state index < -0.39 is 0 Å². The second kappa shape index (κ2) is 7.77. The second-order valence-electron chi connectivity index (χ2n) is 3.00. The van der Waals surface area contributed by atoms with Gasteiger partial charge < -0.3 is 0 Å². The van der Waals surface area contributed by atoms with E-state index in [2.05, 4.69) is 18.8 Å². The van der Waals surface area contributed by atoms with Crippen LogP contribution in [0.5, 0.6) is 0 Å². The zero-order valence-electron chi connectivity index (χ0n) is 8.19. The molecule has 0 unspecified atom stereocenters. The quantitative estimate of drug-likeness (QED) is 0.411. The molecule has 0 aromatic rings.